The molecule has 22 heavy (non-hydrogen) atoms. The lowest BCUT2D eigenvalue weighted by molar-refractivity contribution is -0.113. The second-order valence-electron chi connectivity index (χ2n) is 4.49. The third-order valence-electron chi connectivity index (χ3n) is 2.64. The Morgan fingerprint density at radius 3 is 2.73 bits per heavy atom. The van der Waals surface area contributed by atoms with Crippen molar-refractivity contribution in [1.82, 2.24) is 9.97 Å². The lowest BCUT2D eigenvalue weighted by atomic mass is 10.3. The Labute approximate surface area is 132 Å². The van der Waals surface area contributed by atoms with Crippen LogP contribution in [0.5, 0.6) is 5.75 Å². The van der Waals surface area contributed by atoms with Crippen LogP contribution in [0.25, 0.3) is 0 Å². The minimum absolute atomic E-state index is 0.166. The number of amides is 1. The molecule has 0 aliphatic carbocycles. The third kappa shape index (κ3) is 4.92. The van der Waals surface area contributed by atoms with Crippen LogP contribution in [0.1, 0.15) is 12.6 Å². The van der Waals surface area contributed by atoms with Crippen LogP contribution in [-0.2, 0) is 4.79 Å². The normalized spacial score (nSPS) is 10.3. The predicted molar refractivity (Wildman–Crippen MR) is 86.6 cm³/mol. The average Bonchev–Trinajstić information content (AvgIpc) is 2.47. The molecule has 0 aliphatic heterocycles. The van der Waals surface area contributed by atoms with E-state index in [2.05, 4.69) is 15.3 Å². The number of ether oxygens (including phenoxy) is 1. The first-order chi connectivity index (χ1) is 10.6. The van der Waals surface area contributed by atoms with Crippen molar-refractivity contribution in [3.8, 4) is 5.75 Å². The van der Waals surface area contributed by atoms with Crippen molar-refractivity contribution in [2.45, 2.75) is 19.0 Å². The summed E-state index contributed by atoms with van der Waals surface area (Å²) in [7, 11) is 0. The maximum Gasteiger partial charge on any atom is 0.251 e. The zero-order valence-electron chi connectivity index (χ0n) is 12.4. The average molecular weight is 319 g/mol. The monoisotopic (exact) mass is 319 g/mol. The van der Waals surface area contributed by atoms with Gasteiger partial charge in [0.1, 0.15) is 5.75 Å². The first kappa shape index (κ1) is 16.1. The van der Waals surface area contributed by atoms with Gasteiger partial charge in [0.15, 0.2) is 5.16 Å². The molecule has 1 amide bonds. The fourth-order valence-electron chi connectivity index (χ4n) is 1.75. The summed E-state index contributed by atoms with van der Waals surface area (Å²) in [5.41, 5.74) is 1.10. The molecule has 0 saturated carbocycles. The first-order valence-corrected chi connectivity index (χ1v) is 7.79. The highest BCUT2D eigenvalue weighted by Crippen LogP contribution is 2.17. The molecule has 0 spiro atoms. The molecule has 0 fully saturated rings. The number of anilines is 1. The number of carbonyl (C=O) groups is 1. The number of carbonyl (C=O) groups excluding carboxylic acids is 1. The van der Waals surface area contributed by atoms with E-state index in [-0.39, 0.29) is 17.2 Å². The number of H-pyrrole nitrogens is 1. The van der Waals surface area contributed by atoms with Gasteiger partial charge in [-0.15, -0.1) is 0 Å². The lowest BCUT2D eigenvalue weighted by Crippen LogP contribution is -2.15. The molecular weight excluding hydrogens is 302 g/mol. The summed E-state index contributed by atoms with van der Waals surface area (Å²) in [4.78, 5) is 29.9. The number of aryl methyl sites for hydroxylation is 1. The first-order valence-electron chi connectivity index (χ1n) is 6.80. The maximum atomic E-state index is 11.9. The minimum atomic E-state index is -0.220. The summed E-state index contributed by atoms with van der Waals surface area (Å²) >= 11 is 1.18. The van der Waals surface area contributed by atoms with Gasteiger partial charge in [0.25, 0.3) is 5.56 Å². The summed E-state index contributed by atoms with van der Waals surface area (Å²) in [6.07, 6.45) is 0. The van der Waals surface area contributed by atoms with Gasteiger partial charge in [0.2, 0.25) is 5.91 Å². The SMILES string of the molecule is CCOc1ccc(NC(=O)CSc2nc(C)cc(=O)[nH]2)cc1. The third-order valence-corrected chi connectivity index (χ3v) is 3.51. The van der Waals surface area contributed by atoms with Gasteiger partial charge in [-0.05, 0) is 38.1 Å². The molecule has 116 valence electrons. The summed E-state index contributed by atoms with van der Waals surface area (Å²) in [6, 6.07) is 8.56. The molecule has 1 aromatic heterocycles. The van der Waals surface area contributed by atoms with Gasteiger partial charge in [-0.1, -0.05) is 11.8 Å². The number of nitrogens with zero attached hydrogens (tertiary/aromatic N) is 1. The van der Waals surface area contributed by atoms with Crippen molar-refractivity contribution in [2.24, 2.45) is 0 Å². The highest BCUT2D eigenvalue weighted by molar-refractivity contribution is 7.99. The van der Waals surface area contributed by atoms with E-state index < -0.39 is 0 Å². The van der Waals surface area contributed by atoms with Crippen molar-refractivity contribution in [2.75, 3.05) is 17.7 Å². The summed E-state index contributed by atoms with van der Waals surface area (Å²) in [6.45, 7) is 4.25. The van der Waals surface area contributed by atoms with Gasteiger partial charge in [-0.3, -0.25) is 9.59 Å². The van der Waals surface area contributed by atoms with E-state index in [1.165, 1.54) is 17.8 Å². The van der Waals surface area contributed by atoms with E-state index in [0.29, 0.717) is 23.1 Å². The zero-order valence-corrected chi connectivity index (χ0v) is 13.2. The van der Waals surface area contributed by atoms with Crippen molar-refractivity contribution in [3.05, 3.63) is 46.4 Å². The van der Waals surface area contributed by atoms with Gasteiger partial charge in [-0.2, -0.15) is 0 Å². The lowest BCUT2D eigenvalue weighted by Gasteiger charge is -2.07. The summed E-state index contributed by atoms with van der Waals surface area (Å²) < 4.78 is 5.33. The Hall–Kier alpha value is -2.28. The van der Waals surface area contributed by atoms with Gasteiger partial charge >= 0.3 is 0 Å². The molecule has 2 aromatic rings. The second-order valence-corrected chi connectivity index (χ2v) is 5.45. The highest BCUT2D eigenvalue weighted by atomic mass is 32.2. The fraction of sp³-hybridized carbons (Fsp3) is 0.267. The van der Waals surface area contributed by atoms with Gasteiger partial charge in [0, 0.05) is 17.4 Å². The molecule has 1 aromatic carbocycles. The number of hydrogen-bond acceptors (Lipinski definition) is 5. The van der Waals surface area contributed by atoms with E-state index in [1.54, 1.807) is 31.2 Å². The standard InChI is InChI=1S/C15H17N3O3S/c1-3-21-12-6-4-11(5-7-12)17-14(20)9-22-15-16-10(2)8-13(19)18-15/h4-8H,3,9H2,1-2H3,(H,17,20)(H,16,18,19). The van der Waals surface area contributed by atoms with Gasteiger partial charge in [-0.25, -0.2) is 4.98 Å². The summed E-state index contributed by atoms with van der Waals surface area (Å²) in [5.74, 6) is 0.759. The molecule has 0 aliphatic rings. The van der Waals surface area contributed by atoms with E-state index in [9.17, 15) is 9.59 Å². The zero-order chi connectivity index (χ0) is 15.9. The van der Waals surface area contributed by atoms with Gasteiger partial charge in [0.05, 0.1) is 12.4 Å². The molecule has 6 nitrogen and oxygen atoms in total. The van der Waals surface area contributed by atoms with Crippen molar-refractivity contribution in [1.29, 1.82) is 0 Å². The molecule has 0 radical (unpaired) electrons. The van der Waals surface area contributed by atoms with Crippen LogP contribution in [0.15, 0.2) is 40.3 Å². The molecular formula is C15H17N3O3S. The smallest absolute Gasteiger partial charge is 0.251 e. The molecule has 0 bridgehead atoms. The van der Waals surface area contributed by atoms with E-state index in [4.69, 9.17) is 4.74 Å². The molecule has 0 unspecified atom stereocenters. The molecule has 1 heterocycles. The van der Waals surface area contributed by atoms with Crippen molar-refractivity contribution >= 4 is 23.4 Å². The maximum absolute atomic E-state index is 11.9. The van der Waals surface area contributed by atoms with E-state index in [0.717, 1.165) is 5.75 Å². The summed E-state index contributed by atoms with van der Waals surface area (Å²) in [5, 5.41) is 3.21. The number of nitrogens with one attached hydrogen (secondary N) is 2. The van der Waals surface area contributed by atoms with Gasteiger partial charge < -0.3 is 15.0 Å². The van der Waals surface area contributed by atoms with Crippen LogP contribution in [0.2, 0.25) is 0 Å². The predicted octanol–water partition coefficient (Wildman–Crippen LogP) is 2.21. The Morgan fingerprint density at radius 1 is 1.36 bits per heavy atom. The fourth-order valence-corrected chi connectivity index (χ4v) is 2.47. The molecule has 0 atom stereocenters. The largest absolute Gasteiger partial charge is 0.494 e. The molecule has 0 saturated heterocycles. The number of hydrogen-bond donors (Lipinski definition) is 2. The highest BCUT2D eigenvalue weighted by Gasteiger charge is 2.06. The van der Waals surface area contributed by atoms with Crippen LogP contribution < -0.4 is 15.6 Å². The Balaban J connectivity index is 1.88. The number of aromatic amines is 1. The molecule has 2 N–H and O–H groups in total. The second kappa shape index (κ2) is 7.65. The van der Waals surface area contributed by atoms with Crippen LogP contribution in [0.4, 0.5) is 5.69 Å². The van der Waals surface area contributed by atoms with Crippen LogP contribution in [-0.4, -0.2) is 28.2 Å². The minimum Gasteiger partial charge on any atom is -0.494 e. The molecule has 7 heteroatoms. The van der Waals surface area contributed by atoms with Crippen molar-refractivity contribution in [3.63, 3.8) is 0 Å². The van der Waals surface area contributed by atoms with E-state index in [1.807, 2.05) is 6.92 Å². The quantitative estimate of drug-likeness (QED) is 0.630. The van der Waals surface area contributed by atoms with Crippen LogP contribution >= 0.6 is 11.8 Å². The Bertz CT molecular complexity index is 698. The number of rotatable bonds is 6. The van der Waals surface area contributed by atoms with E-state index >= 15 is 0 Å². The molecule has 2 rings (SSSR count). The number of aromatic nitrogens is 2. The number of thioether (sulfide) groups is 1. The van der Waals surface area contributed by atoms with Crippen LogP contribution in [0, 0.1) is 6.92 Å². The Kier molecular flexibility index (Phi) is 5.60. The van der Waals surface area contributed by atoms with Crippen LogP contribution in [0.3, 0.4) is 0 Å². The number of benzene rings is 1. The Morgan fingerprint density at radius 2 is 2.09 bits per heavy atom. The van der Waals surface area contributed by atoms with Crippen molar-refractivity contribution < 1.29 is 9.53 Å². The topological polar surface area (TPSA) is 84.1 Å².